The molecule has 0 fully saturated rings. The average Bonchev–Trinajstić information content (AvgIpc) is 1.96. The predicted molar refractivity (Wildman–Crippen MR) is 51.4 cm³/mol. The summed E-state index contributed by atoms with van der Waals surface area (Å²) in [5.41, 5.74) is 7.52. The van der Waals surface area contributed by atoms with Gasteiger partial charge in [0.2, 0.25) is 0 Å². The van der Waals surface area contributed by atoms with Crippen LogP contribution in [0.3, 0.4) is 0 Å². The topological polar surface area (TPSA) is 26.0 Å². The zero-order valence-corrected chi connectivity index (χ0v) is 8.65. The van der Waals surface area contributed by atoms with Crippen LogP contribution in [0.4, 0.5) is 4.39 Å². The Hall–Kier alpha value is -0.410. The highest BCUT2D eigenvalue weighted by atomic mass is 79.9. The summed E-state index contributed by atoms with van der Waals surface area (Å²) in [5.74, 6) is -0.257. The fourth-order valence-electron chi connectivity index (χ4n) is 1.15. The van der Waals surface area contributed by atoms with Gasteiger partial charge < -0.3 is 5.73 Å². The fraction of sp³-hybridized carbons (Fsp3) is 0.333. The maximum atomic E-state index is 13.0. The molecule has 1 rings (SSSR count). The number of hydrogen-bond acceptors (Lipinski definition) is 1. The van der Waals surface area contributed by atoms with Gasteiger partial charge >= 0.3 is 0 Å². The molecule has 66 valence electrons. The summed E-state index contributed by atoms with van der Waals surface area (Å²) in [4.78, 5) is 0. The average molecular weight is 232 g/mol. The van der Waals surface area contributed by atoms with Gasteiger partial charge in [-0.1, -0.05) is 0 Å². The number of aryl methyl sites for hydroxylation is 1. The maximum absolute atomic E-state index is 13.0. The van der Waals surface area contributed by atoms with Gasteiger partial charge in [-0.05, 0) is 53.0 Å². The smallest absolute Gasteiger partial charge is 0.137 e. The third-order valence-corrected chi connectivity index (χ3v) is 2.41. The van der Waals surface area contributed by atoms with Crippen LogP contribution in [0.5, 0.6) is 0 Å². The number of benzene rings is 1. The zero-order valence-electron chi connectivity index (χ0n) is 7.07. The Bertz CT molecular complexity index is 297. The fourth-order valence-corrected chi connectivity index (χ4v) is 1.61. The van der Waals surface area contributed by atoms with Crippen molar-refractivity contribution in [1.82, 2.24) is 0 Å². The van der Waals surface area contributed by atoms with E-state index in [0.29, 0.717) is 4.47 Å². The van der Waals surface area contributed by atoms with Gasteiger partial charge in [0.15, 0.2) is 0 Å². The summed E-state index contributed by atoms with van der Waals surface area (Å²) in [6.07, 6.45) is 0. The van der Waals surface area contributed by atoms with Crippen molar-refractivity contribution in [2.45, 2.75) is 19.9 Å². The molecule has 0 aliphatic rings. The van der Waals surface area contributed by atoms with E-state index < -0.39 is 0 Å². The lowest BCUT2D eigenvalue weighted by atomic mass is 10.0. The number of hydrogen-bond donors (Lipinski definition) is 1. The summed E-state index contributed by atoms with van der Waals surface area (Å²) in [5, 5.41) is 0. The Balaban J connectivity index is 3.23. The molecule has 0 unspecified atom stereocenters. The molecule has 0 saturated heterocycles. The van der Waals surface area contributed by atoms with Crippen molar-refractivity contribution in [2.24, 2.45) is 5.73 Å². The standard InChI is InChI=1S/C9H11BrFN/c1-5-3-8(10)9(11)4-7(5)6(2)12/h3-4,6H,12H2,1-2H3/t6-/m0/s1. The van der Waals surface area contributed by atoms with E-state index in [1.165, 1.54) is 6.07 Å². The van der Waals surface area contributed by atoms with Crippen LogP contribution in [-0.4, -0.2) is 0 Å². The van der Waals surface area contributed by atoms with Gasteiger partial charge in [-0.25, -0.2) is 4.39 Å². The molecule has 1 nitrogen and oxygen atoms in total. The first kappa shape index (κ1) is 9.68. The molecule has 0 amide bonds. The molecule has 0 aromatic heterocycles. The normalized spacial score (nSPS) is 13.1. The van der Waals surface area contributed by atoms with Gasteiger partial charge in [-0.2, -0.15) is 0 Å². The molecule has 0 aliphatic carbocycles. The van der Waals surface area contributed by atoms with E-state index >= 15 is 0 Å². The third kappa shape index (κ3) is 1.84. The van der Waals surface area contributed by atoms with Crippen molar-refractivity contribution >= 4 is 15.9 Å². The van der Waals surface area contributed by atoms with Crippen LogP contribution >= 0.6 is 15.9 Å². The molecule has 0 saturated carbocycles. The zero-order chi connectivity index (χ0) is 9.30. The second-order valence-electron chi connectivity index (χ2n) is 2.91. The number of halogens is 2. The van der Waals surface area contributed by atoms with E-state index in [4.69, 9.17) is 5.73 Å². The molecule has 0 heterocycles. The largest absolute Gasteiger partial charge is 0.324 e. The van der Waals surface area contributed by atoms with Gasteiger partial charge in [0.05, 0.1) is 4.47 Å². The van der Waals surface area contributed by atoms with Crippen molar-refractivity contribution in [3.05, 3.63) is 33.5 Å². The number of nitrogens with two attached hydrogens (primary N) is 1. The molecule has 0 aliphatic heterocycles. The van der Waals surface area contributed by atoms with Gasteiger partial charge in [0, 0.05) is 6.04 Å². The Morgan fingerprint density at radius 2 is 2.08 bits per heavy atom. The van der Waals surface area contributed by atoms with E-state index in [1.54, 1.807) is 6.07 Å². The molecular weight excluding hydrogens is 221 g/mol. The van der Waals surface area contributed by atoms with Gasteiger partial charge in [-0.3, -0.25) is 0 Å². The van der Waals surface area contributed by atoms with Gasteiger partial charge in [-0.15, -0.1) is 0 Å². The quantitative estimate of drug-likeness (QED) is 0.791. The van der Waals surface area contributed by atoms with Crippen molar-refractivity contribution in [3.63, 3.8) is 0 Å². The molecule has 12 heavy (non-hydrogen) atoms. The van der Waals surface area contributed by atoms with Crippen LogP contribution in [0.15, 0.2) is 16.6 Å². The van der Waals surface area contributed by atoms with E-state index in [1.807, 2.05) is 13.8 Å². The SMILES string of the molecule is Cc1cc(Br)c(F)cc1[C@H](C)N. The molecule has 0 bridgehead atoms. The first-order valence-corrected chi connectivity index (χ1v) is 4.53. The number of rotatable bonds is 1. The lowest BCUT2D eigenvalue weighted by molar-refractivity contribution is 0.614. The van der Waals surface area contributed by atoms with Crippen LogP contribution in [0.25, 0.3) is 0 Å². The molecule has 3 heteroatoms. The minimum absolute atomic E-state index is 0.118. The maximum Gasteiger partial charge on any atom is 0.137 e. The highest BCUT2D eigenvalue weighted by molar-refractivity contribution is 9.10. The lowest BCUT2D eigenvalue weighted by Gasteiger charge is -2.10. The summed E-state index contributed by atoms with van der Waals surface area (Å²) in [6.45, 7) is 3.76. The molecule has 1 aromatic rings. The first-order valence-electron chi connectivity index (χ1n) is 3.73. The van der Waals surface area contributed by atoms with E-state index in [0.717, 1.165) is 11.1 Å². The van der Waals surface area contributed by atoms with Crippen LogP contribution in [0.2, 0.25) is 0 Å². The summed E-state index contributed by atoms with van der Waals surface area (Å²) in [7, 11) is 0. The van der Waals surface area contributed by atoms with E-state index in [2.05, 4.69) is 15.9 Å². The van der Waals surface area contributed by atoms with Crippen molar-refractivity contribution < 1.29 is 4.39 Å². The second-order valence-corrected chi connectivity index (χ2v) is 3.77. The molecule has 1 aromatic carbocycles. The first-order chi connectivity index (χ1) is 5.52. The third-order valence-electron chi connectivity index (χ3n) is 1.80. The Morgan fingerprint density at radius 1 is 1.50 bits per heavy atom. The molecule has 1 atom stereocenters. The lowest BCUT2D eigenvalue weighted by Crippen LogP contribution is -2.07. The Morgan fingerprint density at radius 3 is 2.58 bits per heavy atom. The van der Waals surface area contributed by atoms with Crippen LogP contribution in [-0.2, 0) is 0 Å². The Labute approximate surface area is 79.9 Å². The highest BCUT2D eigenvalue weighted by Gasteiger charge is 2.07. The minimum Gasteiger partial charge on any atom is -0.324 e. The van der Waals surface area contributed by atoms with Crippen molar-refractivity contribution in [2.75, 3.05) is 0 Å². The minimum atomic E-state index is -0.257. The molecular formula is C9H11BrFN. The summed E-state index contributed by atoms with van der Waals surface area (Å²) < 4.78 is 13.5. The van der Waals surface area contributed by atoms with E-state index in [-0.39, 0.29) is 11.9 Å². The molecule has 0 radical (unpaired) electrons. The second kappa shape index (κ2) is 3.54. The highest BCUT2D eigenvalue weighted by Crippen LogP contribution is 2.23. The summed E-state index contributed by atoms with van der Waals surface area (Å²) in [6, 6.07) is 3.10. The predicted octanol–water partition coefficient (Wildman–Crippen LogP) is 2.92. The van der Waals surface area contributed by atoms with Crippen LogP contribution < -0.4 is 5.73 Å². The van der Waals surface area contributed by atoms with Crippen LogP contribution in [0.1, 0.15) is 24.1 Å². The molecule has 2 N–H and O–H groups in total. The van der Waals surface area contributed by atoms with Crippen molar-refractivity contribution in [3.8, 4) is 0 Å². The van der Waals surface area contributed by atoms with E-state index in [9.17, 15) is 4.39 Å². The summed E-state index contributed by atoms with van der Waals surface area (Å²) >= 11 is 3.11. The van der Waals surface area contributed by atoms with Crippen LogP contribution in [0, 0.1) is 12.7 Å². The monoisotopic (exact) mass is 231 g/mol. The van der Waals surface area contributed by atoms with Gasteiger partial charge in [0.25, 0.3) is 0 Å². The Kier molecular flexibility index (Phi) is 2.85. The van der Waals surface area contributed by atoms with Gasteiger partial charge in [0.1, 0.15) is 5.82 Å². The molecule has 0 spiro atoms. The van der Waals surface area contributed by atoms with Crippen molar-refractivity contribution in [1.29, 1.82) is 0 Å².